The summed E-state index contributed by atoms with van der Waals surface area (Å²) < 4.78 is 74.0. The Balaban J connectivity index is 1.10. The van der Waals surface area contributed by atoms with Crippen molar-refractivity contribution in [1.82, 2.24) is 0 Å². The van der Waals surface area contributed by atoms with Gasteiger partial charge in [0, 0.05) is 0 Å². The first-order valence-electron chi connectivity index (χ1n) is 25.0. The number of fused-ring (bicyclic) bond motifs is 7. The van der Waals surface area contributed by atoms with E-state index in [9.17, 15) is 68.8 Å². The summed E-state index contributed by atoms with van der Waals surface area (Å²) in [5.74, 6) is -1.29. The molecule has 24 unspecified atom stereocenters. The van der Waals surface area contributed by atoms with Gasteiger partial charge in [0.1, 0.15) is 73.4 Å². The summed E-state index contributed by atoms with van der Waals surface area (Å²) in [6, 6.07) is 0. The van der Waals surface area contributed by atoms with Crippen LogP contribution < -0.4 is 0 Å². The largest absolute Gasteiger partial charge is 0.432 e. The van der Waals surface area contributed by atoms with Gasteiger partial charge < -0.3 is 84.3 Å². The van der Waals surface area contributed by atoms with Crippen LogP contribution in [0.25, 0.3) is 0 Å². The van der Waals surface area contributed by atoms with Crippen molar-refractivity contribution in [3.05, 3.63) is 11.6 Å². The summed E-state index contributed by atoms with van der Waals surface area (Å²) in [4.78, 5) is 28.5. The Kier molecular flexibility index (Phi) is 15.3. The number of hydrogen-bond donors (Lipinski definition) is 11. The fourth-order valence-corrected chi connectivity index (χ4v) is 15.6. The van der Waals surface area contributed by atoms with Gasteiger partial charge in [-0.1, -0.05) is 53.2 Å². The van der Waals surface area contributed by atoms with Crippen LogP contribution in [0.1, 0.15) is 106 Å². The Labute approximate surface area is 413 Å². The highest BCUT2D eigenvalue weighted by molar-refractivity contribution is 7.80. The Morgan fingerprint density at radius 3 is 1.89 bits per heavy atom. The third kappa shape index (κ3) is 9.19. The van der Waals surface area contributed by atoms with Crippen LogP contribution in [-0.4, -0.2) is 194 Å². The summed E-state index contributed by atoms with van der Waals surface area (Å²) in [7, 11) is -4.83. The Hall–Kier alpha value is -1.85. The molecule has 23 heteroatoms. The van der Waals surface area contributed by atoms with E-state index in [2.05, 4.69) is 40.7 Å². The first-order chi connectivity index (χ1) is 33.1. The second-order valence-corrected chi connectivity index (χ2v) is 24.7. The summed E-state index contributed by atoms with van der Waals surface area (Å²) in [6.45, 7) is 10.5. The molecule has 7 fully saturated rings. The van der Waals surface area contributed by atoms with E-state index >= 15 is 4.79 Å². The number of carbonyl (C=O) groups excluding carboxylic acids is 2. The zero-order chi connectivity index (χ0) is 52.2. The van der Waals surface area contributed by atoms with Gasteiger partial charge in [-0.2, -0.15) is 8.42 Å². The minimum Gasteiger partial charge on any atom is -0.432 e. The molecule has 3 aliphatic heterocycles. The number of allylic oxidation sites excluding steroid dienone is 2. The lowest BCUT2D eigenvalue weighted by molar-refractivity contribution is -0.368. The van der Waals surface area contributed by atoms with E-state index in [1.807, 2.05) is 0 Å². The van der Waals surface area contributed by atoms with Crippen LogP contribution >= 0.6 is 0 Å². The molecule has 0 amide bonds. The van der Waals surface area contributed by atoms with Crippen molar-refractivity contribution >= 4 is 22.7 Å². The molecule has 5 aliphatic carbocycles. The van der Waals surface area contributed by atoms with Crippen molar-refractivity contribution in [3.63, 3.8) is 0 Å². The van der Waals surface area contributed by atoms with Gasteiger partial charge in [0.05, 0.1) is 36.8 Å². The molecule has 0 radical (unpaired) electrons. The van der Waals surface area contributed by atoms with Gasteiger partial charge in [-0.3, -0.25) is 9.35 Å². The molecule has 71 heavy (non-hydrogen) atoms. The van der Waals surface area contributed by atoms with Crippen molar-refractivity contribution in [2.75, 3.05) is 19.8 Å². The summed E-state index contributed by atoms with van der Waals surface area (Å²) in [5.41, 5.74) is -2.73. The van der Waals surface area contributed by atoms with Gasteiger partial charge in [-0.15, -0.1) is 0 Å². The topological polar surface area (TPSA) is 355 Å². The quantitative estimate of drug-likeness (QED) is 0.0491. The smallest absolute Gasteiger partial charge is 0.397 e. The molecule has 0 spiro atoms. The average molecular weight is 1040 g/mol. The normalized spacial score (nSPS) is 51.9. The van der Waals surface area contributed by atoms with Crippen molar-refractivity contribution in [2.45, 2.75) is 204 Å². The molecular formula is C48H76O22S. The number of esters is 1. The maximum absolute atomic E-state index is 15.4. The van der Waals surface area contributed by atoms with E-state index in [-0.39, 0.29) is 35.0 Å². The van der Waals surface area contributed by atoms with Crippen molar-refractivity contribution in [1.29, 1.82) is 0 Å². The lowest BCUT2D eigenvalue weighted by atomic mass is 9.33. The maximum atomic E-state index is 15.4. The minimum absolute atomic E-state index is 0.0375. The number of aliphatic hydroxyl groups is 10. The molecule has 24 atom stereocenters. The highest BCUT2D eigenvalue weighted by Gasteiger charge is 2.71. The van der Waals surface area contributed by atoms with E-state index in [0.29, 0.717) is 57.8 Å². The SMILES string of the molecule is CC1(C)CCC2(C(=O)OC3OC(COC4OC(CO)C(O)C(O)C4O)C(O)C(O)C3OC3OC(CO)C(O)C(O)C3O)CCC3(C)C(=CCC4C5(C)CCC(OS(=O)(=O)O)C(C)(C=O)C5CCC43C)C2C1. The molecule has 4 saturated carbocycles. The molecule has 11 N–H and O–H groups in total. The summed E-state index contributed by atoms with van der Waals surface area (Å²) >= 11 is 0. The first kappa shape index (κ1) is 55.4. The number of hydrogen-bond acceptors (Lipinski definition) is 21. The van der Waals surface area contributed by atoms with Gasteiger partial charge in [-0.25, -0.2) is 4.18 Å². The van der Waals surface area contributed by atoms with Gasteiger partial charge in [0.2, 0.25) is 6.29 Å². The summed E-state index contributed by atoms with van der Waals surface area (Å²) in [6.07, 6.45) is -19.3. The molecule has 8 rings (SSSR count). The third-order valence-electron chi connectivity index (χ3n) is 19.5. The average Bonchev–Trinajstić information content (AvgIpc) is 3.31. The molecule has 0 aromatic rings. The van der Waals surface area contributed by atoms with E-state index < -0.39 is 156 Å². The van der Waals surface area contributed by atoms with Gasteiger partial charge in [0.25, 0.3) is 0 Å². The van der Waals surface area contributed by atoms with Crippen LogP contribution in [0.15, 0.2) is 11.6 Å². The molecule has 3 saturated heterocycles. The molecule has 0 aromatic carbocycles. The lowest BCUT2D eigenvalue weighted by Gasteiger charge is -2.71. The standard InChI is InChI=1S/C48H76O22S/c1-43(2)13-15-48(16-14-46(5)22(23(48)17-43)7-8-28-44(3)11-10-29(70-71(61,62)63)45(4,21-51)27(44)9-12-47(28,46)6)42(60)69-41-38(68-40-37(59)34(56)31(53)25(19-50)66-40)35(57)32(54)26(67-41)20-64-39-36(58)33(55)30(52)24(18-49)65-39/h7,21,23-41,49-50,52-59H,8-20H2,1-6H3,(H,61,62,63). The second kappa shape index (κ2) is 19.6. The number of ether oxygens (including phenoxy) is 6. The predicted octanol–water partition coefficient (Wildman–Crippen LogP) is -0.853. The highest BCUT2D eigenvalue weighted by atomic mass is 32.3. The molecule has 8 aliphatic rings. The van der Waals surface area contributed by atoms with Crippen molar-refractivity contribution in [2.24, 2.45) is 50.2 Å². The van der Waals surface area contributed by atoms with E-state index in [4.69, 9.17) is 32.6 Å². The zero-order valence-corrected chi connectivity index (χ0v) is 42.0. The first-order valence-corrected chi connectivity index (χ1v) is 26.4. The van der Waals surface area contributed by atoms with Crippen molar-refractivity contribution < 1.29 is 106 Å². The molecule has 22 nitrogen and oxygen atoms in total. The monoisotopic (exact) mass is 1040 g/mol. The molecule has 406 valence electrons. The van der Waals surface area contributed by atoms with Gasteiger partial charge in [0.15, 0.2) is 18.7 Å². The summed E-state index contributed by atoms with van der Waals surface area (Å²) in [5, 5.41) is 106. The predicted molar refractivity (Wildman–Crippen MR) is 241 cm³/mol. The Bertz CT molecular complexity index is 2100. The van der Waals surface area contributed by atoms with Crippen LogP contribution in [0.3, 0.4) is 0 Å². The van der Waals surface area contributed by atoms with Crippen LogP contribution in [0, 0.1) is 50.2 Å². The van der Waals surface area contributed by atoms with Crippen LogP contribution in [0.4, 0.5) is 0 Å². The highest BCUT2D eigenvalue weighted by Crippen LogP contribution is 2.76. The molecule has 0 bridgehead atoms. The number of aliphatic hydroxyl groups excluding tert-OH is 10. The fraction of sp³-hybridized carbons (Fsp3) is 0.917. The minimum atomic E-state index is -4.83. The maximum Gasteiger partial charge on any atom is 0.397 e. The molecular weight excluding hydrogens is 961 g/mol. The number of rotatable bonds is 12. The van der Waals surface area contributed by atoms with E-state index in [1.165, 1.54) is 0 Å². The van der Waals surface area contributed by atoms with Crippen LogP contribution in [-0.2, 0) is 52.6 Å². The fourth-order valence-electron chi connectivity index (χ4n) is 15.0. The third-order valence-corrected chi connectivity index (χ3v) is 19.9. The lowest BCUT2D eigenvalue weighted by Crippen LogP contribution is -2.67. The Morgan fingerprint density at radius 2 is 1.28 bits per heavy atom. The van der Waals surface area contributed by atoms with Crippen LogP contribution in [0.5, 0.6) is 0 Å². The van der Waals surface area contributed by atoms with Crippen molar-refractivity contribution in [3.8, 4) is 0 Å². The van der Waals surface area contributed by atoms with Crippen LogP contribution in [0.2, 0.25) is 0 Å². The van der Waals surface area contributed by atoms with E-state index in [1.54, 1.807) is 6.92 Å². The van der Waals surface area contributed by atoms with E-state index in [0.717, 1.165) is 11.9 Å². The number of carbonyl (C=O) groups is 2. The van der Waals surface area contributed by atoms with Gasteiger partial charge in [-0.05, 0) is 104 Å². The second-order valence-electron chi connectivity index (χ2n) is 23.7. The molecule has 3 heterocycles. The Morgan fingerprint density at radius 1 is 0.704 bits per heavy atom. The number of aldehydes is 1. The zero-order valence-electron chi connectivity index (χ0n) is 41.1. The van der Waals surface area contributed by atoms with Gasteiger partial charge >= 0.3 is 16.4 Å². The molecule has 0 aromatic heterocycles.